The lowest BCUT2D eigenvalue weighted by atomic mass is 10.1. The molecule has 21 heavy (non-hydrogen) atoms. The second-order valence-corrected chi connectivity index (χ2v) is 5.70. The van der Waals surface area contributed by atoms with Crippen LogP contribution in [0.4, 0.5) is 13.2 Å². The standard InChI is InChI=1S/C16H12F3NS/c17-16(18,19)12-5-3-4-11(8-12)10-21-15-9-20-14-7-2-1-6-13(14)15/h1-9,20H,10H2. The molecule has 0 aliphatic carbocycles. The van der Waals surface area contributed by atoms with E-state index < -0.39 is 11.7 Å². The van der Waals surface area contributed by atoms with Gasteiger partial charge in [0.05, 0.1) is 5.56 Å². The number of aromatic amines is 1. The van der Waals surface area contributed by atoms with Crippen molar-refractivity contribution in [2.75, 3.05) is 0 Å². The zero-order chi connectivity index (χ0) is 14.9. The summed E-state index contributed by atoms with van der Waals surface area (Å²) in [4.78, 5) is 4.20. The number of rotatable bonds is 3. The SMILES string of the molecule is FC(F)(F)c1cccc(CSc2c[nH]c3ccccc23)c1. The van der Waals surface area contributed by atoms with E-state index in [9.17, 15) is 13.2 Å². The van der Waals surface area contributed by atoms with Crippen molar-refractivity contribution in [3.05, 3.63) is 65.9 Å². The van der Waals surface area contributed by atoms with E-state index in [1.807, 2.05) is 30.5 Å². The molecule has 5 heteroatoms. The van der Waals surface area contributed by atoms with Crippen molar-refractivity contribution in [3.63, 3.8) is 0 Å². The molecule has 0 saturated heterocycles. The zero-order valence-electron chi connectivity index (χ0n) is 10.9. The normalized spacial score (nSPS) is 12.0. The average molecular weight is 307 g/mol. The van der Waals surface area contributed by atoms with Crippen molar-refractivity contribution in [2.45, 2.75) is 16.8 Å². The molecule has 1 aromatic heterocycles. The minimum absolute atomic E-state index is 0.506. The number of nitrogens with one attached hydrogen (secondary N) is 1. The summed E-state index contributed by atoms with van der Waals surface area (Å²) in [5.74, 6) is 0.506. The van der Waals surface area contributed by atoms with Gasteiger partial charge < -0.3 is 4.98 Å². The third-order valence-corrected chi connectivity index (χ3v) is 4.33. The first-order valence-electron chi connectivity index (χ1n) is 6.39. The third-order valence-electron chi connectivity index (χ3n) is 3.20. The predicted octanol–water partition coefficient (Wildman–Crippen LogP) is 5.48. The summed E-state index contributed by atoms with van der Waals surface area (Å²) >= 11 is 1.53. The zero-order valence-corrected chi connectivity index (χ0v) is 11.8. The average Bonchev–Trinajstić information content (AvgIpc) is 2.88. The number of thioether (sulfide) groups is 1. The highest BCUT2D eigenvalue weighted by molar-refractivity contribution is 7.98. The molecule has 0 saturated carbocycles. The Balaban J connectivity index is 1.79. The van der Waals surface area contributed by atoms with Gasteiger partial charge in [-0.25, -0.2) is 0 Å². The maximum absolute atomic E-state index is 12.7. The molecule has 2 aromatic carbocycles. The molecule has 0 fully saturated rings. The van der Waals surface area contributed by atoms with Crippen LogP contribution < -0.4 is 0 Å². The molecule has 1 heterocycles. The summed E-state index contributed by atoms with van der Waals surface area (Å²) in [5, 5.41) is 1.09. The Bertz CT molecular complexity index is 761. The van der Waals surface area contributed by atoms with Crippen LogP contribution in [0.3, 0.4) is 0 Å². The fourth-order valence-electron chi connectivity index (χ4n) is 2.16. The predicted molar refractivity (Wildman–Crippen MR) is 79.3 cm³/mol. The molecule has 3 rings (SSSR count). The Kier molecular flexibility index (Phi) is 3.68. The Morgan fingerprint density at radius 3 is 2.62 bits per heavy atom. The Labute approximate surface area is 124 Å². The molecule has 0 bridgehead atoms. The van der Waals surface area contributed by atoms with Gasteiger partial charge in [-0.1, -0.05) is 36.4 Å². The van der Waals surface area contributed by atoms with Crippen molar-refractivity contribution in [3.8, 4) is 0 Å². The van der Waals surface area contributed by atoms with Crippen LogP contribution in [-0.4, -0.2) is 4.98 Å². The number of aromatic nitrogens is 1. The van der Waals surface area contributed by atoms with Gasteiger partial charge in [-0.15, -0.1) is 11.8 Å². The van der Waals surface area contributed by atoms with Gasteiger partial charge in [-0.2, -0.15) is 13.2 Å². The topological polar surface area (TPSA) is 15.8 Å². The molecule has 0 radical (unpaired) electrons. The highest BCUT2D eigenvalue weighted by atomic mass is 32.2. The van der Waals surface area contributed by atoms with Crippen LogP contribution in [0, 0.1) is 0 Å². The van der Waals surface area contributed by atoms with Crippen LogP contribution in [-0.2, 0) is 11.9 Å². The second-order valence-electron chi connectivity index (χ2n) is 4.69. The molecule has 0 aliphatic rings. The number of benzene rings is 2. The largest absolute Gasteiger partial charge is 0.416 e. The fraction of sp³-hybridized carbons (Fsp3) is 0.125. The van der Waals surface area contributed by atoms with Crippen LogP contribution >= 0.6 is 11.8 Å². The van der Waals surface area contributed by atoms with Gasteiger partial charge in [0.2, 0.25) is 0 Å². The lowest BCUT2D eigenvalue weighted by molar-refractivity contribution is -0.137. The summed E-state index contributed by atoms with van der Waals surface area (Å²) in [5.41, 5.74) is 1.10. The summed E-state index contributed by atoms with van der Waals surface area (Å²) in [6, 6.07) is 13.3. The molecule has 0 spiro atoms. The van der Waals surface area contributed by atoms with E-state index >= 15 is 0 Å². The molecule has 3 aromatic rings. The van der Waals surface area contributed by atoms with Gasteiger partial charge >= 0.3 is 6.18 Å². The first-order valence-corrected chi connectivity index (χ1v) is 7.37. The number of para-hydroxylation sites is 1. The van der Waals surface area contributed by atoms with Crippen LogP contribution in [0.25, 0.3) is 10.9 Å². The van der Waals surface area contributed by atoms with E-state index in [1.165, 1.54) is 23.9 Å². The summed E-state index contributed by atoms with van der Waals surface area (Å²) in [6.45, 7) is 0. The molecule has 0 aliphatic heterocycles. The van der Waals surface area contributed by atoms with Gasteiger partial charge in [0.15, 0.2) is 0 Å². The second kappa shape index (κ2) is 5.48. The van der Waals surface area contributed by atoms with E-state index in [4.69, 9.17) is 0 Å². The van der Waals surface area contributed by atoms with Crippen molar-refractivity contribution in [2.24, 2.45) is 0 Å². The first-order chi connectivity index (χ1) is 10.0. The highest BCUT2D eigenvalue weighted by Crippen LogP contribution is 2.33. The lowest BCUT2D eigenvalue weighted by Gasteiger charge is -2.08. The van der Waals surface area contributed by atoms with Gasteiger partial charge in [-0.3, -0.25) is 0 Å². The van der Waals surface area contributed by atoms with Gasteiger partial charge in [0.25, 0.3) is 0 Å². The maximum Gasteiger partial charge on any atom is 0.416 e. The fourth-order valence-corrected chi connectivity index (χ4v) is 3.14. The van der Waals surface area contributed by atoms with Crippen molar-refractivity contribution < 1.29 is 13.2 Å². The molecule has 0 atom stereocenters. The molecular formula is C16H12F3NS. The van der Waals surface area contributed by atoms with Crippen LogP contribution in [0.2, 0.25) is 0 Å². The quantitative estimate of drug-likeness (QED) is 0.634. The molecule has 108 valence electrons. The van der Waals surface area contributed by atoms with E-state index in [0.717, 1.165) is 21.9 Å². The number of hydrogen-bond donors (Lipinski definition) is 1. The number of hydrogen-bond acceptors (Lipinski definition) is 1. The van der Waals surface area contributed by atoms with Crippen LogP contribution in [0.5, 0.6) is 0 Å². The Morgan fingerprint density at radius 2 is 1.81 bits per heavy atom. The molecular weight excluding hydrogens is 295 g/mol. The summed E-state index contributed by atoms with van der Waals surface area (Å²) in [6.07, 6.45) is -2.40. The van der Waals surface area contributed by atoms with E-state index in [1.54, 1.807) is 6.07 Å². The van der Waals surface area contributed by atoms with E-state index in [0.29, 0.717) is 11.3 Å². The van der Waals surface area contributed by atoms with Gasteiger partial charge in [0.1, 0.15) is 0 Å². The van der Waals surface area contributed by atoms with Crippen LogP contribution in [0.1, 0.15) is 11.1 Å². The summed E-state index contributed by atoms with van der Waals surface area (Å²) in [7, 11) is 0. The minimum Gasteiger partial charge on any atom is -0.360 e. The van der Waals surface area contributed by atoms with E-state index in [-0.39, 0.29) is 0 Å². The number of H-pyrrole nitrogens is 1. The first kappa shape index (κ1) is 14.1. The Morgan fingerprint density at radius 1 is 1.00 bits per heavy atom. The number of fused-ring (bicyclic) bond motifs is 1. The number of halogens is 3. The number of alkyl halides is 3. The summed E-state index contributed by atoms with van der Waals surface area (Å²) < 4.78 is 38.0. The van der Waals surface area contributed by atoms with Gasteiger partial charge in [0, 0.05) is 27.7 Å². The molecule has 1 N–H and O–H groups in total. The van der Waals surface area contributed by atoms with E-state index in [2.05, 4.69) is 4.98 Å². The van der Waals surface area contributed by atoms with Crippen molar-refractivity contribution in [1.82, 2.24) is 4.98 Å². The minimum atomic E-state index is -4.29. The Hall–Kier alpha value is -1.88. The van der Waals surface area contributed by atoms with Gasteiger partial charge in [-0.05, 0) is 17.7 Å². The van der Waals surface area contributed by atoms with Crippen LogP contribution in [0.15, 0.2) is 59.6 Å². The highest BCUT2D eigenvalue weighted by Gasteiger charge is 2.30. The maximum atomic E-state index is 12.7. The third kappa shape index (κ3) is 3.08. The van der Waals surface area contributed by atoms with Crippen molar-refractivity contribution in [1.29, 1.82) is 0 Å². The molecule has 1 nitrogen and oxygen atoms in total. The lowest BCUT2D eigenvalue weighted by Crippen LogP contribution is -2.04. The molecule has 0 amide bonds. The molecule has 0 unspecified atom stereocenters. The monoisotopic (exact) mass is 307 g/mol. The smallest absolute Gasteiger partial charge is 0.360 e. The van der Waals surface area contributed by atoms with Crippen molar-refractivity contribution >= 4 is 22.7 Å².